The smallest absolute Gasteiger partial charge is 0.352 e. The third-order valence-electron chi connectivity index (χ3n) is 7.30. The molecule has 0 bridgehead atoms. The molecular formula is C26H29N8O6S2+. The Morgan fingerprint density at radius 2 is 2.14 bits per heavy atom. The number of β-lactam (4-membered cyclic amide) rings is 1. The lowest BCUT2D eigenvalue weighted by molar-refractivity contribution is -0.662. The number of pyridine rings is 1. The second-order valence-corrected chi connectivity index (χ2v) is 11.9. The Kier molecular flexibility index (Phi) is 7.85. The number of amides is 2. The molecule has 3 aliphatic heterocycles. The Labute approximate surface area is 248 Å². The fraction of sp³-hybridized carbons (Fsp3) is 0.385. The van der Waals surface area contributed by atoms with Crippen LogP contribution in [-0.4, -0.2) is 98.4 Å². The van der Waals surface area contributed by atoms with Crippen LogP contribution in [0.5, 0.6) is 0 Å². The van der Waals surface area contributed by atoms with Gasteiger partial charge in [0, 0.05) is 35.9 Å². The van der Waals surface area contributed by atoms with Crippen LogP contribution in [0.4, 0.5) is 5.13 Å². The van der Waals surface area contributed by atoms with Crippen molar-refractivity contribution in [1.29, 1.82) is 0 Å². The zero-order chi connectivity index (χ0) is 29.4. The number of nitrogens with zero attached hydrogens (tertiary/aromatic N) is 6. The van der Waals surface area contributed by atoms with Gasteiger partial charge in [-0.05, 0) is 6.07 Å². The van der Waals surface area contributed by atoms with E-state index in [4.69, 9.17) is 15.3 Å². The minimum atomic E-state index is -1.19. The highest BCUT2D eigenvalue weighted by Gasteiger charge is 2.54. The minimum Gasteiger partial charge on any atom is -0.477 e. The molecule has 6 heterocycles. The number of aromatic nitrogens is 3. The molecule has 16 heteroatoms. The molecule has 220 valence electrons. The fourth-order valence-corrected chi connectivity index (χ4v) is 7.25. The number of carbonyl (C=O) groups is 3. The molecule has 0 spiro atoms. The highest BCUT2D eigenvalue weighted by Crippen LogP contribution is 2.40. The number of aliphatic carboxylic acids is 1. The molecule has 0 aromatic carbocycles. The Bertz CT molecular complexity index is 1610. The van der Waals surface area contributed by atoms with E-state index in [1.807, 2.05) is 35.2 Å². The molecule has 2 atom stereocenters. The van der Waals surface area contributed by atoms with E-state index in [2.05, 4.69) is 24.8 Å². The van der Waals surface area contributed by atoms with Crippen molar-refractivity contribution in [1.82, 2.24) is 24.5 Å². The van der Waals surface area contributed by atoms with Gasteiger partial charge in [0.05, 0.1) is 26.0 Å². The van der Waals surface area contributed by atoms with Gasteiger partial charge >= 0.3 is 5.97 Å². The summed E-state index contributed by atoms with van der Waals surface area (Å²) < 4.78 is 9.60. The van der Waals surface area contributed by atoms with E-state index < -0.39 is 29.2 Å². The first kappa shape index (κ1) is 28.1. The van der Waals surface area contributed by atoms with Crippen molar-refractivity contribution >= 4 is 57.4 Å². The number of nitrogen functional groups attached to an aromatic ring is 1. The Morgan fingerprint density at radius 3 is 2.86 bits per heavy atom. The lowest BCUT2D eigenvalue weighted by Crippen LogP contribution is -2.71. The summed E-state index contributed by atoms with van der Waals surface area (Å²) in [6.07, 6.45) is 4.03. The van der Waals surface area contributed by atoms with Crippen molar-refractivity contribution in [3.8, 4) is 0 Å². The normalized spacial score (nSPS) is 21.3. The SMILES string of the molecule is CON=C(C(=O)N[C@@H]1C(=O)N2C(C(=O)O)=C(C[n+]3cc(CN4CCOCC4)n4ccccc43)CS[C@@H]12)c1csc(N)n1. The maximum Gasteiger partial charge on any atom is 0.352 e. The van der Waals surface area contributed by atoms with Gasteiger partial charge in [0.2, 0.25) is 0 Å². The molecule has 14 nitrogen and oxygen atoms in total. The van der Waals surface area contributed by atoms with Gasteiger partial charge in [0.25, 0.3) is 17.5 Å². The first-order chi connectivity index (χ1) is 20.4. The third kappa shape index (κ3) is 5.21. The van der Waals surface area contributed by atoms with Crippen molar-refractivity contribution < 1.29 is 33.6 Å². The predicted octanol–water partition coefficient (Wildman–Crippen LogP) is -0.113. The topological polar surface area (TPSA) is 168 Å². The standard InChI is InChI=1S/C26H28N8O6S2/c1-39-30-19(17-14-42-26(27)28-17)22(35)29-20-23(36)34-21(25(37)38)15(13-41-24(20)34)10-32-12-16(11-31-6-8-40-9-7-31)33-5-3-2-4-18(32)33/h2-5,12,14,20,24H,6-11,13H2,1H3,(H3-,27,28,29,35,37,38)/p+1/t20-,24+/m1/s1. The molecular weight excluding hydrogens is 584 g/mol. The second-order valence-electron chi connectivity index (χ2n) is 9.88. The second kappa shape index (κ2) is 11.7. The van der Waals surface area contributed by atoms with E-state index in [-0.39, 0.29) is 22.2 Å². The molecule has 3 aromatic heterocycles. The van der Waals surface area contributed by atoms with Crippen molar-refractivity contribution in [3.63, 3.8) is 0 Å². The van der Waals surface area contributed by atoms with E-state index in [0.29, 0.717) is 31.1 Å². The number of imidazole rings is 1. The summed E-state index contributed by atoms with van der Waals surface area (Å²) in [7, 11) is 1.29. The van der Waals surface area contributed by atoms with E-state index in [1.54, 1.807) is 5.38 Å². The Balaban J connectivity index is 1.23. The van der Waals surface area contributed by atoms with Gasteiger partial charge in [-0.15, -0.1) is 23.1 Å². The number of hydrogen-bond acceptors (Lipinski definition) is 11. The number of carbonyl (C=O) groups excluding carboxylic acids is 2. The Morgan fingerprint density at radius 1 is 1.33 bits per heavy atom. The molecule has 0 saturated carbocycles. The minimum absolute atomic E-state index is 0.0511. The molecule has 6 rings (SSSR count). The summed E-state index contributed by atoms with van der Waals surface area (Å²) in [5.74, 6) is -1.99. The summed E-state index contributed by atoms with van der Waals surface area (Å²) in [6.45, 7) is 4.12. The van der Waals surface area contributed by atoms with Crippen LogP contribution >= 0.6 is 23.1 Å². The van der Waals surface area contributed by atoms with Gasteiger partial charge in [-0.25, -0.2) is 14.3 Å². The number of nitrogens with two attached hydrogens (primary N) is 1. The van der Waals surface area contributed by atoms with Gasteiger partial charge in [0.15, 0.2) is 16.5 Å². The number of carboxylic acids is 1. The van der Waals surface area contributed by atoms with Crippen LogP contribution in [0.3, 0.4) is 0 Å². The number of hydrogen-bond donors (Lipinski definition) is 3. The number of nitrogens with one attached hydrogen (secondary N) is 1. The van der Waals surface area contributed by atoms with Crippen LogP contribution in [0, 0.1) is 0 Å². The number of anilines is 1. The van der Waals surface area contributed by atoms with Crippen LogP contribution in [0.2, 0.25) is 0 Å². The van der Waals surface area contributed by atoms with E-state index >= 15 is 0 Å². The largest absolute Gasteiger partial charge is 0.477 e. The molecule has 2 fully saturated rings. The monoisotopic (exact) mass is 613 g/mol. The average Bonchev–Trinajstić information content (AvgIpc) is 3.57. The molecule has 0 unspecified atom stereocenters. The number of thioether (sulfide) groups is 1. The predicted molar refractivity (Wildman–Crippen MR) is 153 cm³/mol. The van der Waals surface area contributed by atoms with E-state index in [0.717, 1.165) is 42.3 Å². The fourth-order valence-electron chi connectivity index (χ4n) is 5.36. The third-order valence-corrected chi connectivity index (χ3v) is 9.31. The molecule has 3 aromatic rings. The number of fused-ring (bicyclic) bond motifs is 2. The van der Waals surface area contributed by atoms with Gasteiger partial charge in [-0.1, -0.05) is 11.2 Å². The summed E-state index contributed by atoms with van der Waals surface area (Å²) in [6, 6.07) is 4.95. The van der Waals surface area contributed by atoms with Crippen molar-refractivity contribution in [2.24, 2.45) is 5.16 Å². The molecule has 2 amide bonds. The first-order valence-corrected chi connectivity index (χ1v) is 15.1. The quantitative estimate of drug-likeness (QED) is 0.128. The van der Waals surface area contributed by atoms with Gasteiger partial charge < -0.3 is 25.7 Å². The highest BCUT2D eigenvalue weighted by atomic mass is 32.2. The van der Waals surface area contributed by atoms with Crippen molar-refractivity contribution in [3.05, 3.63) is 58.6 Å². The first-order valence-electron chi connectivity index (χ1n) is 13.2. The van der Waals surface area contributed by atoms with Crippen molar-refractivity contribution in [2.75, 3.05) is 44.9 Å². The lowest BCUT2D eigenvalue weighted by Gasteiger charge is -2.49. The highest BCUT2D eigenvalue weighted by molar-refractivity contribution is 8.00. The van der Waals surface area contributed by atoms with Gasteiger partial charge in [-0.2, -0.15) is 4.40 Å². The zero-order valence-corrected chi connectivity index (χ0v) is 24.3. The van der Waals surface area contributed by atoms with Gasteiger partial charge in [0.1, 0.15) is 42.7 Å². The molecule has 0 aliphatic carbocycles. The maximum atomic E-state index is 13.3. The lowest BCUT2D eigenvalue weighted by atomic mass is 10.0. The zero-order valence-electron chi connectivity index (χ0n) is 22.6. The average molecular weight is 614 g/mol. The van der Waals surface area contributed by atoms with Crippen LogP contribution in [0.25, 0.3) is 5.65 Å². The van der Waals surface area contributed by atoms with Gasteiger partial charge in [-0.3, -0.25) is 19.4 Å². The molecule has 3 aliphatic rings. The molecule has 0 radical (unpaired) electrons. The number of oxime groups is 1. The summed E-state index contributed by atoms with van der Waals surface area (Å²) in [5, 5.41) is 17.9. The summed E-state index contributed by atoms with van der Waals surface area (Å²) in [5.41, 5.74) is 8.33. The molecule has 4 N–H and O–H groups in total. The molecule has 2 saturated heterocycles. The Hall–Kier alpha value is -3.99. The van der Waals surface area contributed by atoms with Crippen LogP contribution in [0.1, 0.15) is 11.4 Å². The van der Waals surface area contributed by atoms with E-state index in [1.165, 1.54) is 23.8 Å². The summed E-state index contributed by atoms with van der Waals surface area (Å²) >= 11 is 2.54. The van der Waals surface area contributed by atoms with Crippen LogP contribution in [-0.2, 0) is 37.0 Å². The number of thiazole rings is 1. The van der Waals surface area contributed by atoms with E-state index in [9.17, 15) is 19.5 Å². The van der Waals surface area contributed by atoms with Crippen LogP contribution in [0.15, 0.2) is 52.4 Å². The van der Waals surface area contributed by atoms with Crippen molar-refractivity contribution in [2.45, 2.75) is 24.5 Å². The molecule has 42 heavy (non-hydrogen) atoms. The number of morpholine rings is 1. The van der Waals surface area contributed by atoms with Crippen LogP contribution < -0.4 is 15.6 Å². The number of ether oxygens (including phenoxy) is 1. The number of rotatable bonds is 9. The number of carboxylic acid groups (broad SMARTS) is 1. The summed E-state index contributed by atoms with van der Waals surface area (Å²) in [4.78, 5) is 51.3. The maximum absolute atomic E-state index is 13.3.